The maximum absolute atomic E-state index is 10.7. The van der Waals surface area contributed by atoms with E-state index in [0.717, 1.165) is 6.61 Å². The Labute approximate surface area is 96.2 Å². The fourth-order valence-corrected chi connectivity index (χ4v) is 2.20. The predicted octanol–water partition coefficient (Wildman–Crippen LogP) is 1.30. The van der Waals surface area contributed by atoms with Crippen molar-refractivity contribution in [2.24, 2.45) is 11.7 Å². The van der Waals surface area contributed by atoms with E-state index in [4.69, 9.17) is 19.9 Å². The Morgan fingerprint density at radius 2 is 2.19 bits per heavy atom. The Hall–Kier alpha value is -0.810. The number of hydrogen-bond donors (Lipinski definition) is 1. The maximum atomic E-state index is 10.7. The molecule has 1 rings (SSSR count). The Balaban J connectivity index is 2.47. The van der Waals surface area contributed by atoms with Crippen LogP contribution < -0.4 is 5.73 Å². The lowest BCUT2D eigenvalue weighted by Gasteiger charge is -2.30. The molecular formula is C11H21NO4. The molecule has 94 valence electrons. The van der Waals surface area contributed by atoms with Crippen molar-refractivity contribution in [2.45, 2.75) is 45.0 Å². The molecular weight excluding hydrogens is 210 g/mol. The predicted molar refractivity (Wildman–Crippen MR) is 59.1 cm³/mol. The lowest BCUT2D eigenvalue weighted by atomic mass is 9.89. The van der Waals surface area contributed by atoms with Crippen LogP contribution in [0, 0.1) is 5.92 Å². The summed E-state index contributed by atoms with van der Waals surface area (Å²) >= 11 is 0. The van der Waals surface area contributed by atoms with Crippen molar-refractivity contribution < 1.29 is 19.0 Å². The molecule has 1 aliphatic heterocycles. The minimum atomic E-state index is -0.742. The highest BCUT2D eigenvalue weighted by molar-refractivity contribution is 5.65. The summed E-state index contributed by atoms with van der Waals surface area (Å²) in [5.41, 5.74) is 4.45. The molecule has 0 aromatic heterocycles. The molecule has 0 aromatic carbocycles. The topological polar surface area (TPSA) is 74.1 Å². The van der Waals surface area contributed by atoms with E-state index in [9.17, 15) is 4.79 Å². The van der Waals surface area contributed by atoms with Crippen LogP contribution in [0.4, 0.5) is 4.79 Å². The summed E-state index contributed by atoms with van der Waals surface area (Å²) in [4.78, 5) is 10.7. The van der Waals surface area contributed by atoms with Gasteiger partial charge in [0.05, 0.1) is 12.7 Å². The molecule has 0 bridgehead atoms. The first kappa shape index (κ1) is 13.3. The molecule has 3 atom stereocenters. The summed E-state index contributed by atoms with van der Waals surface area (Å²) in [6, 6.07) is 0. The van der Waals surface area contributed by atoms with Crippen molar-refractivity contribution in [2.75, 3.05) is 13.7 Å². The summed E-state index contributed by atoms with van der Waals surface area (Å²) in [6.45, 7) is 6.49. The molecule has 1 aliphatic rings. The van der Waals surface area contributed by atoms with Crippen LogP contribution >= 0.6 is 0 Å². The van der Waals surface area contributed by atoms with E-state index in [1.807, 2.05) is 13.8 Å². The SMILES string of the molecule is CO[C@H](C(C)CC(C)(C)OC(N)=O)C1CO1. The van der Waals surface area contributed by atoms with Crippen LogP contribution in [0.5, 0.6) is 0 Å². The summed E-state index contributed by atoms with van der Waals surface area (Å²) in [7, 11) is 1.67. The van der Waals surface area contributed by atoms with Gasteiger partial charge in [0.1, 0.15) is 11.7 Å². The normalized spacial score (nSPS) is 23.6. The summed E-state index contributed by atoms with van der Waals surface area (Å²) in [5.74, 6) is 0.242. The molecule has 0 saturated carbocycles. The standard InChI is InChI=1S/C11H21NO4/c1-7(9(14-4)8-6-15-8)5-11(2,3)16-10(12)13/h7-9H,5-6H2,1-4H3,(H2,12,13)/t7?,8?,9-/m1/s1. The van der Waals surface area contributed by atoms with Crippen molar-refractivity contribution in [3.05, 3.63) is 0 Å². The quantitative estimate of drug-likeness (QED) is 0.699. The average Bonchev–Trinajstić information content (AvgIpc) is 2.85. The Kier molecular flexibility index (Phi) is 4.15. The second-order valence-corrected chi connectivity index (χ2v) is 4.93. The number of nitrogens with two attached hydrogens (primary N) is 1. The van der Waals surface area contributed by atoms with Crippen LogP contribution in [0.25, 0.3) is 0 Å². The van der Waals surface area contributed by atoms with E-state index in [1.165, 1.54) is 0 Å². The molecule has 2 unspecified atom stereocenters. The molecule has 1 heterocycles. The van der Waals surface area contributed by atoms with Crippen molar-refractivity contribution in [3.63, 3.8) is 0 Å². The fourth-order valence-electron chi connectivity index (χ4n) is 2.20. The third kappa shape index (κ3) is 3.98. The van der Waals surface area contributed by atoms with E-state index in [2.05, 4.69) is 6.92 Å². The molecule has 0 spiro atoms. The smallest absolute Gasteiger partial charge is 0.405 e. The summed E-state index contributed by atoms with van der Waals surface area (Å²) in [6.07, 6.45) is 0.183. The van der Waals surface area contributed by atoms with Crippen molar-refractivity contribution in [1.82, 2.24) is 0 Å². The third-order valence-corrected chi connectivity index (χ3v) is 2.75. The van der Waals surface area contributed by atoms with Crippen molar-refractivity contribution in [1.29, 1.82) is 0 Å². The first-order valence-electron chi connectivity index (χ1n) is 5.48. The molecule has 0 aromatic rings. The number of epoxide rings is 1. The van der Waals surface area contributed by atoms with Gasteiger partial charge in [-0.25, -0.2) is 4.79 Å². The Morgan fingerprint density at radius 3 is 2.56 bits per heavy atom. The van der Waals surface area contributed by atoms with Crippen LogP contribution in [-0.2, 0) is 14.2 Å². The fraction of sp³-hybridized carbons (Fsp3) is 0.909. The second-order valence-electron chi connectivity index (χ2n) is 4.93. The van der Waals surface area contributed by atoms with Gasteiger partial charge >= 0.3 is 6.09 Å². The molecule has 5 nitrogen and oxygen atoms in total. The van der Waals surface area contributed by atoms with Crippen LogP contribution in [-0.4, -0.2) is 37.6 Å². The van der Waals surface area contributed by atoms with E-state index in [1.54, 1.807) is 7.11 Å². The summed E-state index contributed by atoms with van der Waals surface area (Å²) < 4.78 is 15.7. The highest BCUT2D eigenvalue weighted by atomic mass is 16.6. The van der Waals surface area contributed by atoms with Gasteiger partial charge in [-0.1, -0.05) is 6.92 Å². The van der Waals surface area contributed by atoms with E-state index < -0.39 is 11.7 Å². The third-order valence-electron chi connectivity index (χ3n) is 2.75. The molecule has 1 fully saturated rings. The number of rotatable bonds is 6. The van der Waals surface area contributed by atoms with Gasteiger partial charge in [0.15, 0.2) is 0 Å². The first-order valence-corrected chi connectivity index (χ1v) is 5.48. The van der Waals surface area contributed by atoms with Crippen LogP contribution in [0.3, 0.4) is 0 Å². The molecule has 1 amide bonds. The number of primary amides is 1. The number of carbonyl (C=O) groups is 1. The van der Waals surface area contributed by atoms with Gasteiger partial charge in [-0.15, -0.1) is 0 Å². The molecule has 1 saturated heterocycles. The lowest BCUT2D eigenvalue weighted by molar-refractivity contribution is -0.0171. The molecule has 0 aliphatic carbocycles. The van der Waals surface area contributed by atoms with E-state index in [0.29, 0.717) is 6.42 Å². The van der Waals surface area contributed by atoms with E-state index >= 15 is 0 Å². The molecule has 5 heteroatoms. The molecule has 2 N–H and O–H groups in total. The average molecular weight is 231 g/mol. The second kappa shape index (κ2) is 5.01. The van der Waals surface area contributed by atoms with Gasteiger partial charge in [-0.3, -0.25) is 0 Å². The van der Waals surface area contributed by atoms with Crippen LogP contribution in [0.2, 0.25) is 0 Å². The van der Waals surface area contributed by atoms with Crippen LogP contribution in [0.1, 0.15) is 27.2 Å². The number of amides is 1. The number of hydrogen-bond acceptors (Lipinski definition) is 4. The van der Waals surface area contributed by atoms with Crippen LogP contribution in [0.15, 0.2) is 0 Å². The highest BCUT2D eigenvalue weighted by Crippen LogP contribution is 2.29. The Bertz CT molecular complexity index is 250. The minimum Gasteiger partial charge on any atom is -0.444 e. The summed E-state index contributed by atoms with van der Waals surface area (Å²) in [5, 5.41) is 0. The maximum Gasteiger partial charge on any atom is 0.405 e. The van der Waals surface area contributed by atoms with Crippen molar-refractivity contribution >= 4 is 6.09 Å². The number of methoxy groups -OCH3 is 1. The van der Waals surface area contributed by atoms with Gasteiger partial charge in [0.25, 0.3) is 0 Å². The number of carbonyl (C=O) groups excluding carboxylic acids is 1. The zero-order valence-corrected chi connectivity index (χ0v) is 10.4. The largest absolute Gasteiger partial charge is 0.444 e. The zero-order chi connectivity index (χ0) is 12.3. The van der Waals surface area contributed by atoms with E-state index in [-0.39, 0.29) is 18.1 Å². The first-order chi connectivity index (χ1) is 7.35. The van der Waals surface area contributed by atoms with Gasteiger partial charge in [0, 0.05) is 7.11 Å². The number of ether oxygens (including phenoxy) is 3. The van der Waals surface area contributed by atoms with Crippen molar-refractivity contribution in [3.8, 4) is 0 Å². The monoisotopic (exact) mass is 231 g/mol. The van der Waals surface area contributed by atoms with Gasteiger partial charge in [-0.05, 0) is 26.2 Å². The van der Waals surface area contributed by atoms with Gasteiger partial charge in [-0.2, -0.15) is 0 Å². The lowest BCUT2D eigenvalue weighted by Crippen LogP contribution is -2.37. The van der Waals surface area contributed by atoms with Gasteiger partial charge in [0.2, 0.25) is 0 Å². The highest BCUT2D eigenvalue weighted by Gasteiger charge is 2.39. The minimum absolute atomic E-state index is 0.0516. The molecule has 16 heavy (non-hydrogen) atoms. The molecule has 0 radical (unpaired) electrons. The van der Waals surface area contributed by atoms with Gasteiger partial charge < -0.3 is 19.9 Å². The Morgan fingerprint density at radius 1 is 1.62 bits per heavy atom. The zero-order valence-electron chi connectivity index (χ0n) is 10.4.